The minimum absolute atomic E-state index is 0.0151. The van der Waals surface area contributed by atoms with E-state index in [9.17, 15) is 4.79 Å². The number of H-pyrrole nitrogens is 1. The molecule has 41 heavy (non-hydrogen) atoms. The summed E-state index contributed by atoms with van der Waals surface area (Å²) >= 11 is 13.7. The highest BCUT2D eigenvalue weighted by Gasteiger charge is 2.43. The molecule has 1 N–H and O–H groups in total. The molecule has 3 aliphatic heterocycles. The standard InChI is InChI=1S/C30H39Cl2N7O2/c1-6-25(40)36-10-7-19(8-11-36)39-18(2)26(27-22-15-33-34-24(22)13-23(31)28(27)32)29(35-39)38-12-9-20(14-30(38,3)4)37-16-21(17-37)41-5/h6,13,15,19-21H,1,7-12,14,16-17H2,2-5H3,(H,33,34). The van der Waals surface area contributed by atoms with Crippen molar-refractivity contribution in [3.8, 4) is 11.1 Å². The molecule has 1 unspecified atom stereocenters. The molecule has 5 heterocycles. The van der Waals surface area contributed by atoms with Crippen molar-refractivity contribution in [2.75, 3.05) is 44.7 Å². The van der Waals surface area contributed by atoms with Gasteiger partial charge in [0, 0.05) is 73.6 Å². The third-order valence-electron chi connectivity index (χ3n) is 9.45. The van der Waals surface area contributed by atoms with E-state index < -0.39 is 0 Å². The van der Waals surface area contributed by atoms with Crippen LogP contribution in [0.2, 0.25) is 10.0 Å². The van der Waals surface area contributed by atoms with Crippen LogP contribution in [-0.2, 0) is 9.53 Å². The van der Waals surface area contributed by atoms with Crippen LogP contribution in [0.1, 0.15) is 51.3 Å². The van der Waals surface area contributed by atoms with Gasteiger partial charge in [-0.3, -0.25) is 19.5 Å². The van der Waals surface area contributed by atoms with Crippen LogP contribution in [0.25, 0.3) is 22.0 Å². The van der Waals surface area contributed by atoms with E-state index in [4.69, 9.17) is 33.0 Å². The maximum atomic E-state index is 12.2. The number of nitrogens with zero attached hydrogens (tertiary/aromatic N) is 6. The number of aromatic nitrogens is 4. The van der Waals surface area contributed by atoms with Crippen molar-refractivity contribution in [1.29, 1.82) is 0 Å². The van der Waals surface area contributed by atoms with E-state index in [1.54, 1.807) is 7.11 Å². The largest absolute Gasteiger partial charge is 0.379 e. The number of hydrogen-bond donors (Lipinski definition) is 1. The number of aromatic amines is 1. The molecular weight excluding hydrogens is 561 g/mol. The Morgan fingerprint density at radius 3 is 2.51 bits per heavy atom. The Hall–Kier alpha value is -2.59. The average molecular weight is 601 g/mol. The van der Waals surface area contributed by atoms with Crippen LogP contribution in [0.5, 0.6) is 0 Å². The summed E-state index contributed by atoms with van der Waals surface area (Å²) < 4.78 is 7.71. The molecule has 1 amide bonds. The molecule has 3 aromatic rings. The van der Waals surface area contributed by atoms with Gasteiger partial charge in [0.25, 0.3) is 0 Å². The number of halogens is 2. The predicted molar refractivity (Wildman–Crippen MR) is 164 cm³/mol. The lowest BCUT2D eigenvalue weighted by Crippen LogP contribution is -2.62. The molecule has 11 heteroatoms. The number of piperidine rings is 2. The number of amides is 1. The van der Waals surface area contributed by atoms with Crippen LogP contribution in [0, 0.1) is 6.92 Å². The highest BCUT2D eigenvalue weighted by atomic mass is 35.5. The second-order valence-corrected chi connectivity index (χ2v) is 13.1. The lowest BCUT2D eigenvalue weighted by molar-refractivity contribution is -0.127. The first-order valence-electron chi connectivity index (χ1n) is 14.5. The van der Waals surface area contributed by atoms with Crippen molar-refractivity contribution in [3.05, 3.63) is 40.7 Å². The van der Waals surface area contributed by atoms with E-state index >= 15 is 0 Å². The molecule has 6 rings (SSSR count). The number of methoxy groups -OCH3 is 1. The summed E-state index contributed by atoms with van der Waals surface area (Å²) in [5.41, 5.74) is 3.62. The lowest BCUT2D eigenvalue weighted by Gasteiger charge is -2.52. The summed E-state index contributed by atoms with van der Waals surface area (Å²) in [5.74, 6) is 0.916. The maximum Gasteiger partial charge on any atom is 0.245 e. The van der Waals surface area contributed by atoms with Gasteiger partial charge in [-0.15, -0.1) is 0 Å². The fraction of sp³-hybridized carbons (Fsp3) is 0.567. The van der Waals surface area contributed by atoms with Crippen LogP contribution in [0.15, 0.2) is 24.9 Å². The number of nitrogens with one attached hydrogen (secondary N) is 1. The summed E-state index contributed by atoms with van der Waals surface area (Å²) in [6, 6.07) is 2.51. The highest BCUT2D eigenvalue weighted by Crippen LogP contribution is 2.48. The van der Waals surface area contributed by atoms with E-state index in [-0.39, 0.29) is 17.5 Å². The van der Waals surface area contributed by atoms with Crippen LogP contribution < -0.4 is 4.90 Å². The summed E-state index contributed by atoms with van der Waals surface area (Å²) in [7, 11) is 1.80. The van der Waals surface area contributed by atoms with Crippen molar-refractivity contribution >= 4 is 45.8 Å². The Balaban J connectivity index is 1.41. The SMILES string of the molecule is C=CC(=O)N1CCC(n2nc(N3CCC(N4CC(OC)C4)CC3(C)C)c(-c3c(Cl)c(Cl)cc4[nH]ncc34)c2C)CC1. The minimum Gasteiger partial charge on any atom is -0.379 e. The first kappa shape index (κ1) is 28.5. The van der Waals surface area contributed by atoms with Gasteiger partial charge in [-0.05, 0) is 58.6 Å². The van der Waals surface area contributed by atoms with E-state index in [1.807, 2.05) is 17.2 Å². The zero-order chi connectivity index (χ0) is 29.1. The minimum atomic E-state index is -0.137. The monoisotopic (exact) mass is 599 g/mol. The van der Waals surface area contributed by atoms with Gasteiger partial charge in [-0.1, -0.05) is 29.8 Å². The molecule has 1 atom stereocenters. The fourth-order valence-electron chi connectivity index (χ4n) is 7.07. The average Bonchev–Trinajstić information content (AvgIpc) is 3.52. The van der Waals surface area contributed by atoms with E-state index in [1.165, 1.54) is 6.08 Å². The van der Waals surface area contributed by atoms with E-state index in [0.717, 1.165) is 78.9 Å². The Morgan fingerprint density at radius 2 is 1.85 bits per heavy atom. The van der Waals surface area contributed by atoms with Gasteiger partial charge in [0.1, 0.15) is 0 Å². The van der Waals surface area contributed by atoms with Gasteiger partial charge in [0.2, 0.25) is 5.91 Å². The number of anilines is 1. The molecule has 3 aliphatic rings. The van der Waals surface area contributed by atoms with Crippen LogP contribution >= 0.6 is 23.2 Å². The van der Waals surface area contributed by atoms with Crippen molar-refractivity contribution in [3.63, 3.8) is 0 Å². The van der Waals surface area contributed by atoms with Gasteiger partial charge in [-0.25, -0.2) is 0 Å². The molecule has 0 aliphatic carbocycles. The van der Waals surface area contributed by atoms with Crippen LogP contribution in [0.4, 0.5) is 5.82 Å². The van der Waals surface area contributed by atoms with Gasteiger partial charge in [0.05, 0.1) is 33.9 Å². The normalized spacial score (nSPS) is 22.3. The van der Waals surface area contributed by atoms with Crippen LogP contribution in [0.3, 0.4) is 0 Å². The zero-order valence-corrected chi connectivity index (χ0v) is 25.8. The lowest BCUT2D eigenvalue weighted by atomic mass is 9.84. The molecular formula is C30H39Cl2N7O2. The van der Waals surface area contributed by atoms with Crippen molar-refractivity contribution < 1.29 is 9.53 Å². The molecule has 3 saturated heterocycles. The molecule has 0 bridgehead atoms. The number of carbonyl (C=O) groups is 1. The number of fused-ring (bicyclic) bond motifs is 1. The quantitative estimate of drug-likeness (QED) is 0.378. The molecule has 2 aromatic heterocycles. The molecule has 220 valence electrons. The topological polar surface area (TPSA) is 82.5 Å². The summed E-state index contributed by atoms with van der Waals surface area (Å²) in [6.07, 6.45) is 7.29. The maximum absolute atomic E-state index is 12.2. The third-order valence-corrected chi connectivity index (χ3v) is 10.2. The van der Waals surface area contributed by atoms with Gasteiger partial charge >= 0.3 is 0 Å². The number of carbonyl (C=O) groups excluding carboxylic acids is 1. The van der Waals surface area contributed by atoms with Gasteiger partial charge < -0.3 is 14.5 Å². The number of benzene rings is 1. The van der Waals surface area contributed by atoms with Crippen molar-refractivity contribution in [2.24, 2.45) is 0 Å². The number of ether oxygens (including phenoxy) is 1. The smallest absolute Gasteiger partial charge is 0.245 e. The third kappa shape index (κ3) is 4.94. The van der Waals surface area contributed by atoms with E-state index in [2.05, 4.69) is 52.0 Å². The summed E-state index contributed by atoms with van der Waals surface area (Å²) in [6.45, 7) is 14.7. The first-order chi connectivity index (χ1) is 19.6. The Kier molecular flexibility index (Phi) is 7.59. The summed E-state index contributed by atoms with van der Waals surface area (Å²) in [5, 5.41) is 14.7. The van der Waals surface area contributed by atoms with Crippen LogP contribution in [-0.4, -0.2) is 93.2 Å². The molecule has 0 radical (unpaired) electrons. The molecule has 0 spiro atoms. The van der Waals surface area contributed by atoms with Gasteiger partial charge in [-0.2, -0.15) is 10.2 Å². The molecule has 3 fully saturated rings. The Morgan fingerprint density at radius 1 is 1.15 bits per heavy atom. The second-order valence-electron chi connectivity index (χ2n) is 12.3. The number of rotatable bonds is 6. The van der Waals surface area contributed by atoms with Gasteiger partial charge in [0.15, 0.2) is 5.82 Å². The zero-order valence-electron chi connectivity index (χ0n) is 24.3. The summed E-state index contributed by atoms with van der Waals surface area (Å²) in [4.78, 5) is 19.1. The molecule has 9 nitrogen and oxygen atoms in total. The van der Waals surface area contributed by atoms with E-state index in [0.29, 0.717) is 35.3 Å². The van der Waals surface area contributed by atoms with Crippen molar-refractivity contribution in [1.82, 2.24) is 29.8 Å². The number of likely N-dealkylation sites (tertiary alicyclic amines) is 2. The Bertz CT molecular complexity index is 1470. The Labute approximate surface area is 251 Å². The predicted octanol–water partition coefficient (Wildman–Crippen LogP) is 5.47. The second kappa shape index (κ2) is 10.9. The highest BCUT2D eigenvalue weighted by molar-refractivity contribution is 6.45. The van der Waals surface area contributed by atoms with Crippen molar-refractivity contribution in [2.45, 2.75) is 70.2 Å². The molecule has 0 saturated carbocycles. The molecule has 1 aromatic carbocycles. The fourth-order valence-corrected chi connectivity index (χ4v) is 7.52. The first-order valence-corrected chi connectivity index (χ1v) is 15.2. The number of hydrogen-bond acceptors (Lipinski definition) is 6.